The third-order valence-corrected chi connectivity index (χ3v) is 3.85. The second kappa shape index (κ2) is 7.88. The van der Waals surface area contributed by atoms with Crippen LogP contribution in [0.3, 0.4) is 0 Å². The Bertz CT molecular complexity index is 361. The Balaban J connectivity index is 1.75. The standard InChI is InChI=1S/C15H22BrNO2/c1-18-14-4-2-13(3-5-14)12-17-9-6-15(7-10-17)19-11-8-16/h2-5,15H,6-12H2,1H3. The molecular formula is C15H22BrNO2. The zero-order valence-corrected chi connectivity index (χ0v) is 13.1. The van der Waals surface area contributed by atoms with E-state index in [0.29, 0.717) is 6.10 Å². The summed E-state index contributed by atoms with van der Waals surface area (Å²) >= 11 is 3.40. The first-order chi connectivity index (χ1) is 9.31. The van der Waals surface area contributed by atoms with Crippen LogP contribution in [0.15, 0.2) is 24.3 Å². The van der Waals surface area contributed by atoms with Crippen LogP contribution in [0.4, 0.5) is 0 Å². The molecule has 19 heavy (non-hydrogen) atoms. The number of hydrogen-bond acceptors (Lipinski definition) is 3. The Morgan fingerprint density at radius 3 is 2.47 bits per heavy atom. The van der Waals surface area contributed by atoms with E-state index in [2.05, 4.69) is 33.0 Å². The number of methoxy groups -OCH3 is 1. The largest absolute Gasteiger partial charge is 0.497 e. The number of benzene rings is 1. The van der Waals surface area contributed by atoms with Crippen LogP contribution in [-0.2, 0) is 11.3 Å². The number of hydrogen-bond donors (Lipinski definition) is 0. The van der Waals surface area contributed by atoms with E-state index < -0.39 is 0 Å². The van der Waals surface area contributed by atoms with Gasteiger partial charge in [-0.3, -0.25) is 4.90 Å². The smallest absolute Gasteiger partial charge is 0.118 e. The van der Waals surface area contributed by atoms with Gasteiger partial charge < -0.3 is 9.47 Å². The SMILES string of the molecule is COc1ccc(CN2CCC(OCCBr)CC2)cc1. The number of rotatable bonds is 6. The fourth-order valence-electron chi connectivity index (χ4n) is 2.43. The topological polar surface area (TPSA) is 21.7 Å². The van der Waals surface area contributed by atoms with Crippen LogP contribution in [-0.4, -0.2) is 43.1 Å². The summed E-state index contributed by atoms with van der Waals surface area (Å²) in [5.41, 5.74) is 1.35. The average molecular weight is 328 g/mol. The van der Waals surface area contributed by atoms with Gasteiger partial charge in [-0.2, -0.15) is 0 Å². The van der Waals surface area contributed by atoms with Crippen molar-refractivity contribution in [3.05, 3.63) is 29.8 Å². The second-order valence-corrected chi connectivity index (χ2v) is 5.68. The number of piperidine rings is 1. The van der Waals surface area contributed by atoms with Crippen molar-refractivity contribution in [2.75, 3.05) is 32.1 Å². The van der Waals surface area contributed by atoms with Gasteiger partial charge in [-0.25, -0.2) is 0 Å². The third kappa shape index (κ3) is 4.79. The van der Waals surface area contributed by atoms with Crippen molar-refractivity contribution in [2.45, 2.75) is 25.5 Å². The molecule has 1 fully saturated rings. The van der Waals surface area contributed by atoms with Gasteiger partial charge in [0.2, 0.25) is 0 Å². The van der Waals surface area contributed by atoms with Gasteiger partial charge in [0, 0.05) is 25.0 Å². The summed E-state index contributed by atoms with van der Waals surface area (Å²) < 4.78 is 10.9. The number of nitrogens with zero attached hydrogens (tertiary/aromatic N) is 1. The Hall–Kier alpha value is -0.580. The summed E-state index contributed by atoms with van der Waals surface area (Å²) in [6.45, 7) is 4.09. The molecule has 1 heterocycles. The van der Waals surface area contributed by atoms with Crippen molar-refractivity contribution in [1.29, 1.82) is 0 Å². The normalized spacial score (nSPS) is 17.6. The number of likely N-dealkylation sites (tertiary alicyclic amines) is 1. The van der Waals surface area contributed by atoms with Crippen molar-refractivity contribution in [1.82, 2.24) is 4.90 Å². The molecule has 1 aromatic rings. The van der Waals surface area contributed by atoms with Gasteiger partial charge in [0.25, 0.3) is 0 Å². The van der Waals surface area contributed by atoms with Gasteiger partial charge in [-0.15, -0.1) is 0 Å². The Morgan fingerprint density at radius 1 is 1.21 bits per heavy atom. The van der Waals surface area contributed by atoms with Gasteiger partial charge in [-0.1, -0.05) is 28.1 Å². The van der Waals surface area contributed by atoms with E-state index >= 15 is 0 Å². The van der Waals surface area contributed by atoms with E-state index in [9.17, 15) is 0 Å². The quantitative estimate of drug-likeness (QED) is 0.749. The van der Waals surface area contributed by atoms with Crippen LogP contribution in [0, 0.1) is 0 Å². The van der Waals surface area contributed by atoms with Crippen molar-refractivity contribution in [3.8, 4) is 5.75 Å². The van der Waals surface area contributed by atoms with E-state index in [4.69, 9.17) is 9.47 Å². The molecule has 106 valence electrons. The number of ether oxygens (including phenoxy) is 2. The summed E-state index contributed by atoms with van der Waals surface area (Å²) in [4.78, 5) is 2.50. The summed E-state index contributed by atoms with van der Waals surface area (Å²) in [6, 6.07) is 8.35. The second-order valence-electron chi connectivity index (χ2n) is 4.88. The highest BCUT2D eigenvalue weighted by Gasteiger charge is 2.19. The molecule has 4 heteroatoms. The van der Waals surface area contributed by atoms with Crippen LogP contribution in [0.1, 0.15) is 18.4 Å². The molecule has 2 rings (SSSR count). The summed E-state index contributed by atoms with van der Waals surface area (Å²) in [6.07, 6.45) is 2.73. The van der Waals surface area contributed by atoms with E-state index in [0.717, 1.165) is 50.2 Å². The highest BCUT2D eigenvalue weighted by atomic mass is 79.9. The molecular weight excluding hydrogens is 306 g/mol. The summed E-state index contributed by atoms with van der Waals surface area (Å²) in [5, 5.41) is 0.930. The highest BCUT2D eigenvalue weighted by molar-refractivity contribution is 9.09. The van der Waals surface area contributed by atoms with Gasteiger partial charge in [0.15, 0.2) is 0 Å². The molecule has 1 aliphatic rings. The predicted molar refractivity (Wildman–Crippen MR) is 81.0 cm³/mol. The maximum atomic E-state index is 5.77. The molecule has 0 N–H and O–H groups in total. The van der Waals surface area contributed by atoms with Gasteiger partial charge in [0.1, 0.15) is 5.75 Å². The monoisotopic (exact) mass is 327 g/mol. The molecule has 0 unspecified atom stereocenters. The molecule has 1 saturated heterocycles. The Labute approximate surface area is 124 Å². The van der Waals surface area contributed by atoms with Gasteiger partial charge >= 0.3 is 0 Å². The maximum Gasteiger partial charge on any atom is 0.118 e. The Morgan fingerprint density at radius 2 is 1.89 bits per heavy atom. The molecule has 0 saturated carbocycles. The lowest BCUT2D eigenvalue weighted by atomic mass is 10.1. The first-order valence-electron chi connectivity index (χ1n) is 6.84. The van der Waals surface area contributed by atoms with Gasteiger partial charge in [-0.05, 0) is 30.5 Å². The van der Waals surface area contributed by atoms with Gasteiger partial charge in [0.05, 0.1) is 19.8 Å². The minimum Gasteiger partial charge on any atom is -0.497 e. The minimum atomic E-state index is 0.449. The maximum absolute atomic E-state index is 5.77. The molecule has 0 spiro atoms. The van der Waals surface area contributed by atoms with E-state index in [-0.39, 0.29) is 0 Å². The number of halogens is 1. The molecule has 0 aromatic heterocycles. The molecule has 0 radical (unpaired) electrons. The molecule has 0 atom stereocenters. The molecule has 3 nitrogen and oxygen atoms in total. The van der Waals surface area contributed by atoms with Crippen LogP contribution in [0.2, 0.25) is 0 Å². The number of alkyl halides is 1. The van der Waals surface area contributed by atoms with Crippen molar-refractivity contribution in [3.63, 3.8) is 0 Å². The van der Waals surface area contributed by atoms with E-state index in [1.54, 1.807) is 7.11 Å². The molecule has 0 amide bonds. The lowest BCUT2D eigenvalue weighted by Crippen LogP contribution is -2.36. The van der Waals surface area contributed by atoms with E-state index in [1.807, 2.05) is 12.1 Å². The molecule has 0 bridgehead atoms. The zero-order chi connectivity index (χ0) is 13.5. The Kier molecular flexibility index (Phi) is 6.14. The predicted octanol–water partition coefficient (Wildman–Crippen LogP) is 3.07. The summed E-state index contributed by atoms with van der Waals surface area (Å²) in [7, 11) is 1.70. The first-order valence-corrected chi connectivity index (χ1v) is 7.97. The minimum absolute atomic E-state index is 0.449. The van der Waals surface area contributed by atoms with Crippen LogP contribution >= 0.6 is 15.9 Å². The molecule has 1 aromatic carbocycles. The zero-order valence-electron chi connectivity index (χ0n) is 11.5. The van der Waals surface area contributed by atoms with Crippen molar-refractivity contribution >= 4 is 15.9 Å². The average Bonchev–Trinajstić information content (AvgIpc) is 2.47. The summed E-state index contributed by atoms with van der Waals surface area (Å²) in [5.74, 6) is 0.922. The fraction of sp³-hybridized carbons (Fsp3) is 0.600. The fourth-order valence-corrected chi connectivity index (χ4v) is 2.62. The van der Waals surface area contributed by atoms with Crippen LogP contribution in [0.5, 0.6) is 5.75 Å². The highest BCUT2D eigenvalue weighted by Crippen LogP contribution is 2.18. The lowest BCUT2D eigenvalue weighted by molar-refractivity contribution is 0.0141. The third-order valence-electron chi connectivity index (χ3n) is 3.53. The van der Waals surface area contributed by atoms with Crippen LogP contribution in [0.25, 0.3) is 0 Å². The van der Waals surface area contributed by atoms with Crippen molar-refractivity contribution < 1.29 is 9.47 Å². The first kappa shape index (κ1) is 14.8. The molecule has 1 aliphatic heterocycles. The van der Waals surface area contributed by atoms with E-state index in [1.165, 1.54) is 5.56 Å². The molecule has 0 aliphatic carbocycles. The lowest BCUT2D eigenvalue weighted by Gasteiger charge is -2.31. The van der Waals surface area contributed by atoms with Crippen LogP contribution < -0.4 is 4.74 Å². The van der Waals surface area contributed by atoms with Crippen molar-refractivity contribution in [2.24, 2.45) is 0 Å².